The van der Waals surface area contributed by atoms with Crippen molar-refractivity contribution < 1.29 is 23.4 Å². The first-order valence-electron chi connectivity index (χ1n) is 9.27. The zero-order valence-electron chi connectivity index (χ0n) is 16.5. The molecule has 1 saturated heterocycles. The molecule has 10 heteroatoms. The highest BCUT2D eigenvalue weighted by Gasteiger charge is 2.29. The van der Waals surface area contributed by atoms with Crippen LogP contribution >= 0.6 is 12.4 Å². The lowest BCUT2D eigenvalue weighted by molar-refractivity contribution is 0.0695. The molecule has 1 atom stereocenters. The highest BCUT2D eigenvalue weighted by molar-refractivity contribution is 5.97. The summed E-state index contributed by atoms with van der Waals surface area (Å²) in [5.74, 6) is -2.56. The highest BCUT2D eigenvalue weighted by atomic mass is 35.5. The first-order chi connectivity index (χ1) is 14.3. The smallest absolute Gasteiger partial charge is 0.341 e. The van der Waals surface area contributed by atoms with E-state index in [9.17, 15) is 19.1 Å². The van der Waals surface area contributed by atoms with Gasteiger partial charge in [-0.2, -0.15) is 0 Å². The van der Waals surface area contributed by atoms with Gasteiger partial charge in [0.2, 0.25) is 5.43 Å². The predicted octanol–water partition coefficient (Wildman–Crippen LogP) is 2.93. The van der Waals surface area contributed by atoms with Crippen molar-refractivity contribution in [2.75, 3.05) is 25.1 Å². The Morgan fingerprint density at radius 2 is 1.94 bits per heavy atom. The Morgan fingerprint density at radius 3 is 2.48 bits per heavy atom. The van der Waals surface area contributed by atoms with Crippen LogP contribution in [0, 0.1) is 11.6 Å². The molecule has 1 fully saturated rings. The van der Waals surface area contributed by atoms with Crippen molar-refractivity contribution in [1.29, 1.82) is 0 Å². The van der Waals surface area contributed by atoms with Gasteiger partial charge in [-0.05, 0) is 36.8 Å². The van der Waals surface area contributed by atoms with Crippen molar-refractivity contribution in [1.82, 2.24) is 4.57 Å². The Hall–Kier alpha value is -3.17. The summed E-state index contributed by atoms with van der Waals surface area (Å²) in [5, 5.41) is 9.32. The molecule has 1 aliphatic heterocycles. The van der Waals surface area contributed by atoms with Crippen LogP contribution in [0.5, 0.6) is 5.75 Å². The Balaban J connectivity index is 0.00000272. The summed E-state index contributed by atoms with van der Waals surface area (Å²) in [6, 6.07) is 6.16. The van der Waals surface area contributed by atoms with Crippen molar-refractivity contribution in [2.24, 2.45) is 5.73 Å². The molecule has 2 heterocycles. The molecule has 1 aromatic heterocycles. The van der Waals surface area contributed by atoms with Crippen LogP contribution in [-0.2, 0) is 0 Å². The molecule has 164 valence electrons. The summed E-state index contributed by atoms with van der Waals surface area (Å²) < 4.78 is 35.5. The quantitative estimate of drug-likeness (QED) is 0.633. The van der Waals surface area contributed by atoms with Gasteiger partial charge in [-0.25, -0.2) is 13.6 Å². The summed E-state index contributed by atoms with van der Waals surface area (Å²) in [6.07, 6.45) is 1.81. The maximum absolute atomic E-state index is 15.1. The molecule has 0 amide bonds. The second kappa shape index (κ2) is 8.52. The number of carboxylic acids is 1. The summed E-state index contributed by atoms with van der Waals surface area (Å²) in [6.45, 7) is 0.917. The maximum Gasteiger partial charge on any atom is 0.341 e. The molecule has 3 aromatic rings. The summed E-state index contributed by atoms with van der Waals surface area (Å²) in [4.78, 5) is 26.2. The van der Waals surface area contributed by atoms with Crippen LogP contribution in [0.4, 0.5) is 14.5 Å². The number of nitrogens with zero attached hydrogens (tertiary/aromatic N) is 2. The van der Waals surface area contributed by atoms with Crippen LogP contribution in [0.25, 0.3) is 16.6 Å². The van der Waals surface area contributed by atoms with Gasteiger partial charge in [0, 0.05) is 31.0 Å². The fraction of sp³-hybridized carbons (Fsp3) is 0.238. The number of carboxylic acid groups (broad SMARTS) is 1. The van der Waals surface area contributed by atoms with Crippen molar-refractivity contribution in [2.45, 2.75) is 12.5 Å². The molecule has 4 rings (SSSR count). The number of ether oxygens (including phenoxy) is 1. The van der Waals surface area contributed by atoms with Gasteiger partial charge in [0.15, 0.2) is 11.6 Å². The third-order valence-corrected chi connectivity index (χ3v) is 5.25. The second-order valence-corrected chi connectivity index (χ2v) is 7.15. The maximum atomic E-state index is 15.1. The third-order valence-electron chi connectivity index (χ3n) is 5.25. The summed E-state index contributed by atoms with van der Waals surface area (Å²) >= 11 is 0. The van der Waals surface area contributed by atoms with E-state index >= 15 is 4.39 Å². The number of nitrogens with two attached hydrogens (primary N) is 1. The first kappa shape index (κ1) is 22.5. The molecule has 3 N–H and O–H groups in total. The molecule has 0 aliphatic carbocycles. The van der Waals surface area contributed by atoms with Gasteiger partial charge in [0.25, 0.3) is 0 Å². The van der Waals surface area contributed by atoms with Crippen molar-refractivity contribution >= 4 is 35.0 Å². The van der Waals surface area contributed by atoms with Crippen LogP contribution < -0.4 is 20.8 Å². The number of benzene rings is 2. The molecule has 0 radical (unpaired) electrons. The number of aromatic carboxylic acids is 1. The van der Waals surface area contributed by atoms with Gasteiger partial charge in [0.1, 0.15) is 22.6 Å². The van der Waals surface area contributed by atoms with Crippen LogP contribution in [0.3, 0.4) is 0 Å². The van der Waals surface area contributed by atoms with E-state index in [0.29, 0.717) is 25.2 Å². The zero-order valence-corrected chi connectivity index (χ0v) is 17.3. The summed E-state index contributed by atoms with van der Waals surface area (Å²) in [7, 11) is 1.35. The van der Waals surface area contributed by atoms with Gasteiger partial charge in [-0.3, -0.25) is 4.79 Å². The van der Waals surface area contributed by atoms with Crippen molar-refractivity contribution in [3.8, 4) is 11.4 Å². The van der Waals surface area contributed by atoms with E-state index < -0.39 is 28.6 Å². The number of halogens is 3. The zero-order chi connectivity index (χ0) is 21.6. The lowest BCUT2D eigenvalue weighted by Crippen LogP contribution is -2.28. The Bertz CT molecular complexity index is 1210. The van der Waals surface area contributed by atoms with Crippen LogP contribution in [0.1, 0.15) is 16.8 Å². The largest absolute Gasteiger partial charge is 0.492 e. The highest BCUT2D eigenvalue weighted by Crippen LogP contribution is 2.40. The standard InChI is InChI=1S/C21H19F2N3O4.ClH/c1-30-20-17-14(8-16(23)18(20)25-7-6-12(24)9-25)19(27)15(21(28)29)10-26(17)13-4-2-11(22)3-5-13;/h2-5,8,10,12H,6-7,9,24H2,1H3,(H,28,29);1H. The molecular formula is C21H20ClF2N3O4. The van der Waals surface area contributed by atoms with E-state index in [0.717, 1.165) is 12.3 Å². The van der Waals surface area contributed by atoms with E-state index in [1.54, 1.807) is 4.90 Å². The topological polar surface area (TPSA) is 97.8 Å². The monoisotopic (exact) mass is 451 g/mol. The third kappa shape index (κ3) is 3.82. The number of carbonyl (C=O) groups is 1. The minimum Gasteiger partial charge on any atom is -0.492 e. The molecule has 31 heavy (non-hydrogen) atoms. The Labute approximate surface area is 182 Å². The average Bonchev–Trinajstić information content (AvgIpc) is 3.14. The van der Waals surface area contributed by atoms with Gasteiger partial charge >= 0.3 is 5.97 Å². The van der Waals surface area contributed by atoms with Crippen LogP contribution in [0.2, 0.25) is 0 Å². The molecule has 1 aliphatic rings. The fourth-order valence-corrected chi connectivity index (χ4v) is 3.85. The van der Waals surface area contributed by atoms with Crippen LogP contribution in [0.15, 0.2) is 41.3 Å². The number of aromatic nitrogens is 1. The second-order valence-electron chi connectivity index (χ2n) is 7.15. The lowest BCUT2D eigenvalue weighted by atomic mass is 10.1. The van der Waals surface area contributed by atoms with E-state index in [4.69, 9.17) is 10.5 Å². The Morgan fingerprint density at radius 1 is 1.26 bits per heavy atom. The molecule has 0 saturated carbocycles. The minimum atomic E-state index is -1.45. The van der Waals surface area contributed by atoms with Gasteiger partial charge in [-0.1, -0.05) is 0 Å². The number of anilines is 1. The first-order valence-corrected chi connectivity index (χ1v) is 9.27. The number of hydrogen-bond donors (Lipinski definition) is 2. The van der Waals surface area contributed by atoms with E-state index in [1.807, 2.05) is 0 Å². The number of hydrogen-bond acceptors (Lipinski definition) is 5. The van der Waals surface area contributed by atoms with Crippen molar-refractivity contribution in [3.63, 3.8) is 0 Å². The van der Waals surface area contributed by atoms with Gasteiger partial charge in [0.05, 0.1) is 12.5 Å². The van der Waals surface area contributed by atoms with Crippen LogP contribution in [-0.4, -0.2) is 41.9 Å². The number of pyridine rings is 1. The SMILES string of the molecule is COc1c(N2CCC(N)C2)c(F)cc2c(=O)c(C(=O)O)cn(-c3ccc(F)cc3)c12.Cl. The van der Waals surface area contributed by atoms with E-state index in [2.05, 4.69) is 0 Å². The molecule has 0 bridgehead atoms. The molecule has 0 spiro atoms. The van der Waals surface area contributed by atoms with E-state index in [1.165, 1.54) is 35.9 Å². The predicted molar refractivity (Wildman–Crippen MR) is 115 cm³/mol. The molecule has 7 nitrogen and oxygen atoms in total. The van der Waals surface area contributed by atoms with Crippen molar-refractivity contribution in [3.05, 3.63) is 63.9 Å². The number of rotatable bonds is 4. The van der Waals surface area contributed by atoms with Gasteiger partial charge in [-0.15, -0.1) is 12.4 Å². The van der Waals surface area contributed by atoms with Gasteiger partial charge < -0.3 is 25.0 Å². The Kier molecular flexibility index (Phi) is 6.19. The van der Waals surface area contributed by atoms with E-state index in [-0.39, 0.29) is 40.8 Å². The number of fused-ring (bicyclic) bond motifs is 1. The summed E-state index contributed by atoms with van der Waals surface area (Å²) in [5.41, 5.74) is 5.32. The molecular weight excluding hydrogens is 432 g/mol. The normalized spacial score (nSPS) is 15.7. The average molecular weight is 452 g/mol. The molecule has 2 aromatic carbocycles. The number of methoxy groups -OCH3 is 1. The fourth-order valence-electron chi connectivity index (χ4n) is 3.85. The lowest BCUT2D eigenvalue weighted by Gasteiger charge is -2.24. The minimum absolute atomic E-state index is 0. The molecule has 1 unspecified atom stereocenters.